The molecular formula is C20H25FN4O2. The summed E-state index contributed by atoms with van der Waals surface area (Å²) in [5.41, 5.74) is 1.38. The fourth-order valence-corrected chi connectivity index (χ4v) is 3.08. The number of anilines is 2. The summed E-state index contributed by atoms with van der Waals surface area (Å²) in [5, 5.41) is 5.30. The predicted octanol–water partition coefficient (Wildman–Crippen LogP) is 2.78. The van der Waals surface area contributed by atoms with Crippen LogP contribution >= 0.6 is 0 Å². The van der Waals surface area contributed by atoms with Crippen LogP contribution < -0.4 is 20.3 Å². The molecule has 0 aliphatic carbocycles. The van der Waals surface area contributed by atoms with Crippen molar-refractivity contribution in [3.8, 4) is 5.75 Å². The Balaban J connectivity index is 1.37. The number of amides is 2. The number of carbonyl (C=O) groups excluding carboxylic acids is 1. The number of piperazine rings is 1. The SMILES string of the molecule is COc1ccc(N2CCN(CCNC(=O)Nc3ccccc3F)CC2)cc1. The van der Waals surface area contributed by atoms with E-state index in [1.54, 1.807) is 19.2 Å². The highest BCUT2D eigenvalue weighted by molar-refractivity contribution is 5.89. The number of para-hydroxylation sites is 1. The van der Waals surface area contributed by atoms with Crippen LogP contribution in [0.1, 0.15) is 0 Å². The van der Waals surface area contributed by atoms with Crippen molar-refractivity contribution in [2.45, 2.75) is 0 Å². The van der Waals surface area contributed by atoms with Crippen molar-refractivity contribution in [1.82, 2.24) is 10.2 Å². The quantitative estimate of drug-likeness (QED) is 0.819. The molecule has 27 heavy (non-hydrogen) atoms. The van der Waals surface area contributed by atoms with E-state index in [1.807, 2.05) is 12.1 Å². The molecule has 0 aromatic heterocycles. The summed E-state index contributed by atoms with van der Waals surface area (Å²) in [6.07, 6.45) is 0. The van der Waals surface area contributed by atoms with Gasteiger partial charge in [0, 0.05) is 45.0 Å². The van der Waals surface area contributed by atoms with Crippen LogP contribution in [0.25, 0.3) is 0 Å². The molecule has 1 fully saturated rings. The minimum absolute atomic E-state index is 0.183. The lowest BCUT2D eigenvalue weighted by atomic mass is 10.2. The molecule has 0 spiro atoms. The fourth-order valence-electron chi connectivity index (χ4n) is 3.08. The van der Waals surface area contributed by atoms with Crippen LogP contribution in [0.5, 0.6) is 5.75 Å². The number of ether oxygens (including phenoxy) is 1. The fraction of sp³-hybridized carbons (Fsp3) is 0.350. The zero-order chi connectivity index (χ0) is 19.1. The number of hydrogen-bond donors (Lipinski definition) is 2. The summed E-state index contributed by atoms with van der Waals surface area (Å²) in [5.74, 6) is 0.416. The molecule has 1 aliphatic heterocycles. The lowest BCUT2D eigenvalue weighted by Crippen LogP contribution is -2.48. The van der Waals surface area contributed by atoms with Gasteiger partial charge in [-0.3, -0.25) is 4.90 Å². The van der Waals surface area contributed by atoms with E-state index in [2.05, 4.69) is 32.6 Å². The number of hydrogen-bond acceptors (Lipinski definition) is 4. The molecule has 0 saturated carbocycles. The molecule has 2 aromatic carbocycles. The van der Waals surface area contributed by atoms with Gasteiger partial charge in [0.25, 0.3) is 0 Å². The maximum atomic E-state index is 13.5. The van der Waals surface area contributed by atoms with E-state index in [-0.39, 0.29) is 5.69 Å². The van der Waals surface area contributed by atoms with E-state index < -0.39 is 11.8 Å². The first-order valence-electron chi connectivity index (χ1n) is 9.06. The Morgan fingerprint density at radius 2 is 1.78 bits per heavy atom. The number of rotatable bonds is 6. The van der Waals surface area contributed by atoms with E-state index in [0.29, 0.717) is 6.54 Å². The Labute approximate surface area is 158 Å². The third kappa shape index (κ3) is 5.34. The normalized spacial score (nSPS) is 14.7. The van der Waals surface area contributed by atoms with Gasteiger partial charge in [-0.15, -0.1) is 0 Å². The Hall–Kier alpha value is -2.80. The van der Waals surface area contributed by atoms with Crippen LogP contribution in [0, 0.1) is 5.82 Å². The van der Waals surface area contributed by atoms with Gasteiger partial charge in [-0.2, -0.15) is 0 Å². The van der Waals surface area contributed by atoms with Crippen LogP contribution in [0.15, 0.2) is 48.5 Å². The van der Waals surface area contributed by atoms with Crippen LogP contribution in [0.4, 0.5) is 20.6 Å². The van der Waals surface area contributed by atoms with Gasteiger partial charge in [0.2, 0.25) is 0 Å². The number of halogens is 1. The molecule has 6 nitrogen and oxygen atoms in total. The summed E-state index contributed by atoms with van der Waals surface area (Å²) in [7, 11) is 1.67. The number of urea groups is 1. The van der Waals surface area contributed by atoms with Gasteiger partial charge >= 0.3 is 6.03 Å². The number of methoxy groups -OCH3 is 1. The van der Waals surface area contributed by atoms with Crippen LogP contribution in [-0.2, 0) is 0 Å². The summed E-state index contributed by atoms with van der Waals surface area (Å²) in [6, 6.07) is 13.8. The Kier molecular flexibility index (Phi) is 6.49. The molecule has 0 unspecified atom stereocenters. The molecule has 144 valence electrons. The molecule has 0 radical (unpaired) electrons. The van der Waals surface area contributed by atoms with E-state index in [9.17, 15) is 9.18 Å². The van der Waals surface area contributed by atoms with Gasteiger partial charge in [0.15, 0.2) is 0 Å². The van der Waals surface area contributed by atoms with E-state index in [0.717, 1.165) is 38.5 Å². The molecule has 2 N–H and O–H groups in total. The average molecular weight is 372 g/mol. The number of carbonyl (C=O) groups is 1. The van der Waals surface area contributed by atoms with Gasteiger partial charge in [-0.05, 0) is 36.4 Å². The van der Waals surface area contributed by atoms with E-state index >= 15 is 0 Å². The number of nitrogens with one attached hydrogen (secondary N) is 2. The monoisotopic (exact) mass is 372 g/mol. The molecule has 1 saturated heterocycles. The van der Waals surface area contributed by atoms with Crippen molar-refractivity contribution in [1.29, 1.82) is 0 Å². The van der Waals surface area contributed by atoms with Gasteiger partial charge in [0.1, 0.15) is 11.6 Å². The Morgan fingerprint density at radius 3 is 2.44 bits per heavy atom. The van der Waals surface area contributed by atoms with E-state index in [4.69, 9.17) is 4.74 Å². The highest BCUT2D eigenvalue weighted by atomic mass is 19.1. The van der Waals surface area contributed by atoms with Crippen molar-refractivity contribution >= 4 is 17.4 Å². The Morgan fingerprint density at radius 1 is 1.07 bits per heavy atom. The highest BCUT2D eigenvalue weighted by Crippen LogP contribution is 2.20. The maximum Gasteiger partial charge on any atom is 0.319 e. The molecular weight excluding hydrogens is 347 g/mol. The smallest absolute Gasteiger partial charge is 0.319 e. The lowest BCUT2D eigenvalue weighted by Gasteiger charge is -2.36. The minimum Gasteiger partial charge on any atom is -0.497 e. The summed E-state index contributed by atoms with van der Waals surface area (Å²) >= 11 is 0. The zero-order valence-electron chi connectivity index (χ0n) is 15.5. The third-order valence-corrected chi connectivity index (χ3v) is 4.65. The van der Waals surface area contributed by atoms with Crippen molar-refractivity contribution < 1.29 is 13.9 Å². The first kappa shape index (κ1) is 19.0. The minimum atomic E-state index is -0.442. The second-order valence-corrected chi connectivity index (χ2v) is 6.39. The first-order valence-corrected chi connectivity index (χ1v) is 9.06. The topological polar surface area (TPSA) is 56.8 Å². The lowest BCUT2D eigenvalue weighted by molar-refractivity contribution is 0.240. The second kappa shape index (κ2) is 9.23. The molecule has 7 heteroatoms. The highest BCUT2D eigenvalue weighted by Gasteiger charge is 2.17. The second-order valence-electron chi connectivity index (χ2n) is 6.39. The zero-order valence-corrected chi connectivity index (χ0v) is 15.5. The van der Waals surface area contributed by atoms with E-state index in [1.165, 1.54) is 17.8 Å². The van der Waals surface area contributed by atoms with Crippen molar-refractivity contribution in [3.63, 3.8) is 0 Å². The van der Waals surface area contributed by atoms with Crippen molar-refractivity contribution in [2.24, 2.45) is 0 Å². The number of benzene rings is 2. The molecule has 0 atom stereocenters. The van der Waals surface area contributed by atoms with Crippen molar-refractivity contribution in [2.75, 3.05) is 56.6 Å². The van der Waals surface area contributed by atoms with Crippen LogP contribution in [0.3, 0.4) is 0 Å². The van der Waals surface area contributed by atoms with Crippen LogP contribution in [0.2, 0.25) is 0 Å². The Bertz CT molecular complexity index is 746. The van der Waals surface area contributed by atoms with Gasteiger partial charge < -0.3 is 20.3 Å². The largest absolute Gasteiger partial charge is 0.497 e. The first-order chi connectivity index (χ1) is 13.2. The maximum absolute atomic E-state index is 13.5. The van der Waals surface area contributed by atoms with Crippen LogP contribution in [-0.4, -0.2) is 57.3 Å². The molecule has 0 bridgehead atoms. The summed E-state index contributed by atoms with van der Waals surface area (Å²) < 4.78 is 18.7. The standard InChI is InChI=1S/C20H25FN4O2/c1-27-17-8-6-16(7-9-17)25-14-12-24(13-15-25)11-10-22-20(26)23-19-5-3-2-4-18(19)21/h2-9H,10-15H2,1H3,(H2,22,23,26). The molecule has 1 heterocycles. The predicted molar refractivity (Wildman–Crippen MR) is 105 cm³/mol. The van der Waals surface area contributed by atoms with Gasteiger partial charge in [0.05, 0.1) is 12.8 Å². The molecule has 2 amide bonds. The summed E-state index contributed by atoms with van der Waals surface area (Å²) in [6.45, 7) is 5.02. The third-order valence-electron chi connectivity index (χ3n) is 4.65. The van der Waals surface area contributed by atoms with Crippen molar-refractivity contribution in [3.05, 3.63) is 54.3 Å². The van der Waals surface area contributed by atoms with Gasteiger partial charge in [-0.1, -0.05) is 12.1 Å². The molecule has 1 aliphatic rings. The number of nitrogens with zero attached hydrogens (tertiary/aromatic N) is 2. The average Bonchev–Trinajstić information content (AvgIpc) is 2.70. The van der Waals surface area contributed by atoms with Gasteiger partial charge in [-0.25, -0.2) is 9.18 Å². The summed E-state index contributed by atoms with van der Waals surface area (Å²) in [4.78, 5) is 16.5. The molecule has 3 rings (SSSR count). The molecule has 2 aromatic rings.